The van der Waals surface area contributed by atoms with Gasteiger partial charge in [-0.15, -0.1) is 0 Å². The predicted molar refractivity (Wildman–Crippen MR) is 106 cm³/mol. The Kier molecular flexibility index (Phi) is 6.07. The first-order valence-corrected chi connectivity index (χ1v) is 9.19. The van der Waals surface area contributed by atoms with Gasteiger partial charge in [0.15, 0.2) is 11.6 Å². The largest absolute Gasteiger partial charge is 0.492 e. The van der Waals surface area contributed by atoms with E-state index < -0.39 is 5.82 Å². The molecule has 1 unspecified atom stereocenters. The fraction of sp³-hybridized carbons (Fsp3) is 0.158. The minimum Gasteiger partial charge on any atom is -0.492 e. The summed E-state index contributed by atoms with van der Waals surface area (Å²) in [6, 6.07) is 12.9. The highest BCUT2D eigenvalue weighted by atomic mass is 32.1. The zero-order valence-corrected chi connectivity index (χ0v) is 15.8. The van der Waals surface area contributed by atoms with Crippen molar-refractivity contribution in [1.29, 1.82) is 5.41 Å². The standard InChI is InChI=1S/C19H19FN4O3S/c1-11(10-25)22-17(21)16-18(26)24-28-19(16)23-12-7-8-15(14(20)9-12)27-13-5-3-2-4-6-13/h2-9,11,23,25H,10H2,1H3,(H2,21,22)(H,24,26). The Bertz CT molecular complexity index is 965. The molecular formula is C19H19FN4O3S. The monoisotopic (exact) mass is 402 g/mol. The summed E-state index contributed by atoms with van der Waals surface area (Å²) in [5.41, 5.74) is 0.557. The molecule has 0 aliphatic carbocycles. The highest BCUT2D eigenvalue weighted by Crippen LogP contribution is 2.34. The van der Waals surface area contributed by atoms with Crippen LogP contribution in [0.3, 0.4) is 0 Å². The van der Waals surface area contributed by atoms with Gasteiger partial charge in [0.1, 0.15) is 22.1 Å². The molecule has 0 fully saturated rings. The SMILES string of the molecule is CC(CO)NC(=N)c1c(O)nsc1Nc1ccc(Oc2ccccc2)c(F)c1. The summed E-state index contributed by atoms with van der Waals surface area (Å²) < 4.78 is 23.8. The molecule has 0 bridgehead atoms. The van der Waals surface area contributed by atoms with Crippen LogP contribution in [0.5, 0.6) is 17.4 Å². The van der Waals surface area contributed by atoms with Crippen molar-refractivity contribution in [3.05, 3.63) is 59.9 Å². The number of halogens is 1. The number of amidine groups is 1. The van der Waals surface area contributed by atoms with E-state index in [1.807, 2.05) is 6.07 Å². The Hall–Kier alpha value is -3.17. The maximum atomic E-state index is 14.4. The van der Waals surface area contributed by atoms with Crippen molar-refractivity contribution >= 4 is 28.1 Å². The molecule has 3 rings (SSSR count). The van der Waals surface area contributed by atoms with Gasteiger partial charge in [-0.05, 0) is 42.7 Å². The second-order valence-corrected chi connectivity index (χ2v) is 6.77. The van der Waals surface area contributed by atoms with E-state index in [4.69, 9.17) is 15.3 Å². The van der Waals surface area contributed by atoms with Crippen molar-refractivity contribution in [2.24, 2.45) is 0 Å². The first kappa shape index (κ1) is 19.6. The molecular weight excluding hydrogens is 383 g/mol. The molecule has 28 heavy (non-hydrogen) atoms. The van der Waals surface area contributed by atoms with E-state index in [2.05, 4.69) is 15.0 Å². The van der Waals surface area contributed by atoms with Crippen LogP contribution in [0, 0.1) is 11.2 Å². The maximum Gasteiger partial charge on any atom is 0.236 e. The van der Waals surface area contributed by atoms with Crippen molar-refractivity contribution in [2.45, 2.75) is 13.0 Å². The van der Waals surface area contributed by atoms with Crippen LogP contribution in [0.25, 0.3) is 0 Å². The first-order valence-electron chi connectivity index (χ1n) is 8.42. The number of nitrogens with zero attached hydrogens (tertiary/aromatic N) is 1. The molecule has 0 spiro atoms. The lowest BCUT2D eigenvalue weighted by molar-refractivity contribution is 0.264. The lowest BCUT2D eigenvalue weighted by atomic mass is 10.2. The second kappa shape index (κ2) is 8.68. The molecule has 0 amide bonds. The number of aromatic hydroxyl groups is 1. The summed E-state index contributed by atoms with van der Waals surface area (Å²) in [6.07, 6.45) is 0. The van der Waals surface area contributed by atoms with Crippen molar-refractivity contribution < 1.29 is 19.3 Å². The Labute approximate surface area is 165 Å². The first-order chi connectivity index (χ1) is 13.5. The van der Waals surface area contributed by atoms with Crippen molar-refractivity contribution in [3.63, 3.8) is 0 Å². The molecule has 0 aliphatic heterocycles. The number of para-hydroxylation sites is 1. The molecule has 146 valence electrons. The number of aliphatic hydroxyl groups is 1. The molecule has 0 radical (unpaired) electrons. The lowest BCUT2D eigenvalue weighted by Gasteiger charge is -2.14. The third-order valence-electron chi connectivity index (χ3n) is 3.75. The highest BCUT2D eigenvalue weighted by Gasteiger charge is 2.19. The van der Waals surface area contributed by atoms with Crippen LogP contribution in [0.4, 0.5) is 15.1 Å². The van der Waals surface area contributed by atoms with Crippen molar-refractivity contribution in [1.82, 2.24) is 9.69 Å². The van der Waals surface area contributed by atoms with Crippen LogP contribution >= 0.6 is 11.5 Å². The van der Waals surface area contributed by atoms with Gasteiger partial charge in [-0.3, -0.25) is 5.41 Å². The molecule has 1 aromatic heterocycles. The number of nitrogens with one attached hydrogen (secondary N) is 3. The minimum atomic E-state index is -0.564. The molecule has 3 aromatic rings. The average molecular weight is 402 g/mol. The molecule has 7 nitrogen and oxygen atoms in total. The van der Waals surface area contributed by atoms with Crippen LogP contribution in [-0.2, 0) is 0 Å². The van der Waals surface area contributed by atoms with E-state index in [0.29, 0.717) is 16.4 Å². The maximum absolute atomic E-state index is 14.4. The quantitative estimate of drug-likeness (QED) is 0.304. The number of hydrogen-bond acceptors (Lipinski definition) is 7. The summed E-state index contributed by atoms with van der Waals surface area (Å²) in [7, 11) is 0. The lowest BCUT2D eigenvalue weighted by Crippen LogP contribution is -2.35. The summed E-state index contributed by atoms with van der Waals surface area (Å²) in [6.45, 7) is 1.52. The molecule has 5 N–H and O–H groups in total. The molecule has 0 saturated heterocycles. The van der Waals surface area contributed by atoms with E-state index >= 15 is 0 Å². The number of hydrogen-bond donors (Lipinski definition) is 5. The fourth-order valence-electron chi connectivity index (χ4n) is 2.36. The Morgan fingerprint density at radius 1 is 1.29 bits per heavy atom. The van der Waals surface area contributed by atoms with E-state index in [0.717, 1.165) is 11.5 Å². The number of anilines is 2. The summed E-state index contributed by atoms with van der Waals surface area (Å²) >= 11 is 0.939. The fourth-order valence-corrected chi connectivity index (χ4v) is 3.08. The highest BCUT2D eigenvalue weighted by molar-refractivity contribution is 7.11. The number of benzene rings is 2. The van der Waals surface area contributed by atoms with Gasteiger partial charge in [0, 0.05) is 17.8 Å². The minimum absolute atomic E-state index is 0.0790. The zero-order chi connectivity index (χ0) is 20.1. The van der Waals surface area contributed by atoms with Crippen molar-refractivity contribution in [3.8, 4) is 17.4 Å². The van der Waals surface area contributed by atoms with E-state index in [-0.39, 0.29) is 35.7 Å². The average Bonchev–Trinajstić information content (AvgIpc) is 3.05. The van der Waals surface area contributed by atoms with Crippen LogP contribution in [0.1, 0.15) is 12.5 Å². The molecule has 0 aliphatic rings. The van der Waals surface area contributed by atoms with Gasteiger partial charge in [0.2, 0.25) is 5.88 Å². The topological polar surface area (TPSA) is 110 Å². The number of rotatable bonds is 7. The van der Waals surface area contributed by atoms with Crippen LogP contribution in [0.15, 0.2) is 48.5 Å². The smallest absolute Gasteiger partial charge is 0.236 e. The predicted octanol–water partition coefficient (Wildman–Crippen LogP) is 3.82. The van der Waals surface area contributed by atoms with E-state index in [1.54, 1.807) is 37.3 Å². The van der Waals surface area contributed by atoms with Gasteiger partial charge in [0.05, 0.1) is 6.61 Å². The van der Waals surface area contributed by atoms with E-state index in [1.165, 1.54) is 12.1 Å². The number of ether oxygens (including phenoxy) is 1. The summed E-state index contributed by atoms with van der Waals surface area (Å²) in [5.74, 6) is -0.379. The van der Waals surface area contributed by atoms with Crippen molar-refractivity contribution in [2.75, 3.05) is 11.9 Å². The van der Waals surface area contributed by atoms with Gasteiger partial charge >= 0.3 is 0 Å². The Morgan fingerprint density at radius 3 is 2.71 bits per heavy atom. The van der Waals surface area contributed by atoms with Gasteiger partial charge in [-0.25, -0.2) is 4.39 Å². The summed E-state index contributed by atoms with van der Waals surface area (Å²) in [4.78, 5) is 0. The Balaban J connectivity index is 1.77. The van der Waals surface area contributed by atoms with Gasteiger partial charge in [-0.2, -0.15) is 4.37 Å². The van der Waals surface area contributed by atoms with Crippen LogP contribution in [-0.4, -0.2) is 33.1 Å². The third kappa shape index (κ3) is 4.56. The number of aromatic nitrogens is 1. The van der Waals surface area contributed by atoms with E-state index in [9.17, 15) is 9.50 Å². The molecule has 9 heteroatoms. The Morgan fingerprint density at radius 2 is 2.04 bits per heavy atom. The molecule has 2 aromatic carbocycles. The zero-order valence-electron chi connectivity index (χ0n) is 14.9. The molecule has 1 atom stereocenters. The van der Waals surface area contributed by atoms with Gasteiger partial charge in [-0.1, -0.05) is 18.2 Å². The van der Waals surface area contributed by atoms with Crippen LogP contribution < -0.4 is 15.4 Å². The van der Waals surface area contributed by atoms with Gasteiger partial charge in [0.25, 0.3) is 0 Å². The number of aliphatic hydroxyl groups excluding tert-OH is 1. The summed E-state index contributed by atoms with van der Waals surface area (Å²) in [5, 5.41) is 33.2. The normalized spacial score (nSPS) is 11.7. The second-order valence-electron chi connectivity index (χ2n) is 6.00. The molecule has 0 saturated carbocycles. The van der Waals surface area contributed by atoms with Gasteiger partial charge < -0.3 is 25.6 Å². The molecule has 1 heterocycles. The third-order valence-corrected chi connectivity index (χ3v) is 4.50. The van der Waals surface area contributed by atoms with Crippen LogP contribution in [0.2, 0.25) is 0 Å².